The minimum atomic E-state index is -0.526. The van der Waals surface area contributed by atoms with Crippen LogP contribution in [-0.4, -0.2) is 16.9 Å². The second-order valence-electron chi connectivity index (χ2n) is 12.4. The summed E-state index contributed by atoms with van der Waals surface area (Å²) in [5.74, 6) is 0.397. The van der Waals surface area contributed by atoms with Crippen LogP contribution in [0.5, 0.6) is 11.5 Å². The highest BCUT2D eigenvalue weighted by atomic mass is 16.5. The average molecular weight is 577 g/mol. The largest absolute Gasteiger partial charge is 0.507 e. The molecule has 4 rings (SSSR count). The number of carbonyl (C=O) groups excluding carboxylic acids is 2. The van der Waals surface area contributed by atoms with Crippen LogP contribution in [0.25, 0.3) is 0 Å². The van der Waals surface area contributed by atoms with Crippen molar-refractivity contribution in [1.82, 2.24) is 0 Å². The lowest BCUT2D eigenvalue weighted by atomic mass is 9.70. The Kier molecular flexibility index (Phi) is 9.29. The van der Waals surface area contributed by atoms with Crippen LogP contribution in [0.2, 0.25) is 0 Å². The zero-order valence-corrected chi connectivity index (χ0v) is 26.8. The van der Waals surface area contributed by atoms with E-state index in [1.807, 2.05) is 71.9 Å². The van der Waals surface area contributed by atoms with E-state index in [-0.39, 0.29) is 5.78 Å². The molecular formula is C39H44O4. The molecule has 4 heteroatoms. The summed E-state index contributed by atoms with van der Waals surface area (Å²) in [4.78, 5) is 26.8. The van der Waals surface area contributed by atoms with Gasteiger partial charge in [-0.3, -0.25) is 4.79 Å². The van der Waals surface area contributed by atoms with Crippen molar-refractivity contribution < 1.29 is 19.4 Å². The molecule has 4 nitrogen and oxygen atoms in total. The minimum absolute atomic E-state index is 0.0584. The molecule has 2 atom stereocenters. The van der Waals surface area contributed by atoms with E-state index < -0.39 is 16.8 Å². The summed E-state index contributed by atoms with van der Waals surface area (Å²) < 4.78 is 6.01. The van der Waals surface area contributed by atoms with Crippen molar-refractivity contribution in [3.63, 3.8) is 0 Å². The first-order chi connectivity index (χ1) is 20.3. The maximum absolute atomic E-state index is 13.4. The molecule has 0 radical (unpaired) electrons. The first-order valence-electron chi connectivity index (χ1n) is 15.2. The third-order valence-electron chi connectivity index (χ3n) is 9.14. The molecular weight excluding hydrogens is 532 g/mol. The molecule has 0 fully saturated rings. The van der Waals surface area contributed by atoms with Crippen LogP contribution in [-0.2, 0) is 5.41 Å². The number of benzene rings is 4. The van der Waals surface area contributed by atoms with Gasteiger partial charge in [-0.25, -0.2) is 4.79 Å². The summed E-state index contributed by atoms with van der Waals surface area (Å²) in [6.45, 7) is 16.1. The lowest BCUT2D eigenvalue weighted by molar-refractivity contribution is 0.0732. The molecule has 0 aromatic heterocycles. The van der Waals surface area contributed by atoms with Gasteiger partial charge in [0.05, 0.1) is 5.56 Å². The first-order valence-corrected chi connectivity index (χ1v) is 15.2. The van der Waals surface area contributed by atoms with Gasteiger partial charge in [0.25, 0.3) is 0 Å². The number of hydrogen-bond acceptors (Lipinski definition) is 4. The zero-order chi connectivity index (χ0) is 31.5. The van der Waals surface area contributed by atoms with E-state index in [1.54, 1.807) is 24.3 Å². The molecule has 0 amide bonds. The van der Waals surface area contributed by atoms with Gasteiger partial charge in [0, 0.05) is 16.4 Å². The maximum Gasteiger partial charge on any atom is 0.343 e. The van der Waals surface area contributed by atoms with Gasteiger partial charge in [0.15, 0.2) is 5.78 Å². The fourth-order valence-electron chi connectivity index (χ4n) is 6.21. The number of hydrogen-bond donors (Lipinski definition) is 1. The zero-order valence-electron chi connectivity index (χ0n) is 26.8. The second-order valence-corrected chi connectivity index (χ2v) is 12.4. The fourth-order valence-corrected chi connectivity index (χ4v) is 6.21. The van der Waals surface area contributed by atoms with Crippen molar-refractivity contribution in [2.75, 3.05) is 0 Å². The van der Waals surface area contributed by atoms with Crippen LogP contribution >= 0.6 is 0 Å². The molecule has 4 aromatic carbocycles. The molecule has 0 aliphatic heterocycles. The molecule has 0 aliphatic rings. The Morgan fingerprint density at radius 2 is 1.23 bits per heavy atom. The average Bonchev–Trinajstić information content (AvgIpc) is 3.00. The Morgan fingerprint density at radius 1 is 0.698 bits per heavy atom. The van der Waals surface area contributed by atoms with Crippen molar-refractivity contribution in [1.29, 1.82) is 0 Å². The number of ether oxygens (including phenoxy) is 1. The van der Waals surface area contributed by atoms with Gasteiger partial charge in [-0.15, -0.1) is 0 Å². The summed E-state index contributed by atoms with van der Waals surface area (Å²) in [7, 11) is 0. The smallest absolute Gasteiger partial charge is 0.343 e. The van der Waals surface area contributed by atoms with Gasteiger partial charge in [-0.1, -0.05) is 93.9 Å². The fraction of sp³-hybridized carbons (Fsp3) is 0.333. The third kappa shape index (κ3) is 6.15. The number of carbonyl (C=O) groups is 2. The number of phenols is 1. The highest BCUT2D eigenvalue weighted by Gasteiger charge is 2.34. The van der Waals surface area contributed by atoms with Crippen LogP contribution < -0.4 is 4.74 Å². The van der Waals surface area contributed by atoms with Gasteiger partial charge in [0.2, 0.25) is 0 Å². The summed E-state index contributed by atoms with van der Waals surface area (Å²) in [6.07, 6.45) is 2.46. The van der Waals surface area contributed by atoms with Crippen LogP contribution in [0.15, 0.2) is 78.9 Å². The highest BCUT2D eigenvalue weighted by molar-refractivity contribution is 6.02. The van der Waals surface area contributed by atoms with Crippen molar-refractivity contribution in [2.24, 2.45) is 5.41 Å². The van der Waals surface area contributed by atoms with Gasteiger partial charge in [-0.2, -0.15) is 0 Å². The Morgan fingerprint density at radius 3 is 1.77 bits per heavy atom. The van der Waals surface area contributed by atoms with Crippen LogP contribution in [0.3, 0.4) is 0 Å². The van der Waals surface area contributed by atoms with Gasteiger partial charge in [-0.05, 0) is 98.5 Å². The van der Waals surface area contributed by atoms with Crippen LogP contribution in [0.4, 0.5) is 0 Å². The summed E-state index contributed by atoms with van der Waals surface area (Å²) in [6, 6.07) is 25.5. The predicted molar refractivity (Wildman–Crippen MR) is 175 cm³/mol. The van der Waals surface area contributed by atoms with E-state index in [2.05, 4.69) is 38.1 Å². The maximum atomic E-state index is 13.4. The third-order valence-corrected chi connectivity index (χ3v) is 9.14. The van der Waals surface area contributed by atoms with Gasteiger partial charge >= 0.3 is 5.97 Å². The molecule has 1 N–H and O–H groups in total. The molecule has 0 spiro atoms. The standard InChI is InChI=1S/C39H44O4/c1-9-19-38(7,10-2)36(41)29-15-14-16-30(24-29)37(42)43-35-27(5)22-33(23-28(35)6)39(8,31-17-12-11-13-18-31)32-20-25(3)34(40)26(4)21-32/h11-18,20-24,40H,9-10,19H2,1-8H3. The molecule has 0 heterocycles. The topological polar surface area (TPSA) is 63.6 Å². The van der Waals surface area contributed by atoms with Gasteiger partial charge < -0.3 is 9.84 Å². The molecule has 0 bridgehead atoms. The van der Waals surface area contributed by atoms with E-state index in [4.69, 9.17) is 4.74 Å². The van der Waals surface area contributed by atoms with E-state index in [0.717, 1.165) is 58.2 Å². The number of aromatic hydroxyl groups is 1. The molecule has 0 saturated heterocycles. The molecule has 2 unspecified atom stereocenters. The molecule has 0 aliphatic carbocycles. The van der Waals surface area contributed by atoms with Crippen molar-refractivity contribution in [3.8, 4) is 11.5 Å². The molecule has 0 saturated carbocycles. The molecule has 4 aromatic rings. The Balaban J connectivity index is 1.72. The number of rotatable bonds is 10. The first kappa shape index (κ1) is 31.7. The van der Waals surface area contributed by atoms with Gasteiger partial charge in [0.1, 0.15) is 11.5 Å². The quantitative estimate of drug-likeness (QED) is 0.0883. The number of ketones is 1. The predicted octanol–water partition coefficient (Wildman–Crippen LogP) is 9.60. The lowest BCUT2D eigenvalue weighted by Crippen LogP contribution is -2.27. The SMILES string of the molecule is CCCC(C)(CC)C(=O)c1cccc(C(=O)Oc2c(C)cc(C(C)(c3ccccc3)c3cc(C)c(O)c(C)c3)cc2C)c1. The second kappa shape index (κ2) is 12.6. The number of phenolic OH excluding ortho intramolecular Hbond substituents is 1. The Bertz CT molecular complexity index is 1610. The molecule has 224 valence electrons. The number of Topliss-reactive ketones (excluding diaryl/α,β-unsaturated/α-hetero) is 1. The van der Waals surface area contributed by atoms with Crippen LogP contribution in [0, 0.1) is 33.1 Å². The number of aryl methyl sites for hydroxylation is 4. The van der Waals surface area contributed by atoms with E-state index in [0.29, 0.717) is 22.6 Å². The van der Waals surface area contributed by atoms with Crippen molar-refractivity contribution in [3.05, 3.63) is 129 Å². The van der Waals surface area contributed by atoms with E-state index in [9.17, 15) is 14.7 Å². The lowest BCUT2D eigenvalue weighted by Gasteiger charge is -2.33. The summed E-state index contributed by atoms with van der Waals surface area (Å²) in [5.41, 5.74) is 6.48. The molecule has 43 heavy (non-hydrogen) atoms. The Labute approximate surface area is 256 Å². The highest BCUT2D eigenvalue weighted by Crippen LogP contribution is 2.43. The van der Waals surface area contributed by atoms with Crippen LogP contribution in [0.1, 0.15) is 107 Å². The number of esters is 1. The van der Waals surface area contributed by atoms with E-state index in [1.165, 1.54) is 0 Å². The summed E-state index contributed by atoms with van der Waals surface area (Å²) >= 11 is 0. The van der Waals surface area contributed by atoms with Crippen molar-refractivity contribution >= 4 is 11.8 Å². The summed E-state index contributed by atoms with van der Waals surface area (Å²) in [5, 5.41) is 10.5. The minimum Gasteiger partial charge on any atom is -0.507 e. The normalized spacial score (nSPS) is 14.0. The monoisotopic (exact) mass is 576 g/mol. The Hall–Kier alpha value is -4.18. The van der Waals surface area contributed by atoms with E-state index >= 15 is 0 Å². The van der Waals surface area contributed by atoms with Crippen molar-refractivity contribution in [2.45, 2.75) is 80.1 Å².